The number of aryl methyl sites for hydroxylation is 3. The molecule has 0 saturated carbocycles. The maximum Gasteiger partial charge on any atom is 0.340 e. The molecule has 2 unspecified atom stereocenters. The molecule has 2 aromatic heterocycles. The van der Waals surface area contributed by atoms with E-state index in [9.17, 15) is 52.6 Å². The van der Waals surface area contributed by atoms with Gasteiger partial charge in [0.05, 0.1) is 54.3 Å². The first-order valence-electron chi connectivity index (χ1n) is 24.9. The molecule has 398 valence electrons. The van der Waals surface area contributed by atoms with Crippen molar-refractivity contribution in [3.63, 3.8) is 0 Å². The van der Waals surface area contributed by atoms with Gasteiger partial charge in [-0.3, -0.25) is 38.4 Å². The molecule has 0 radical (unpaired) electrons. The van der Waals surface area contributed by atoms with Crippen LogP contribution in [0.5, 0.6) is 0 Å². The van der Waals surface area contributed by atoms with Crippen molar-refractivity contribution in [1.82, 2.24) is 36.1 Å². The van der Waals surface area contributed by atoms with E-state index in [1.54, 1.807) is 66.1 Å². The molecule has 5 aromatic rings. The fourth-order valence-electron chi connectivity index (χ4n) is 9.30. The predicted molar refractivity (Wildman–Crippen MR) is 276 cm³/mol. The first kappa shape index (κ1) is 55.3. The summed E-state index contributed by atoms with van der Waals surface area (Å²) >= 11 is 0. The highest BCUT2D eigenvalue weighted by atomic mass is 19.1. The van der Waals surface area contributed by atoms with E-state index in [1.807, 2.05) is 19.9 Å². The van der Waals surface area contributed by atoms with Gasteiger partial charge < -0.3 is 45.7 Å². The number of hydrogen-bond donors (Lipinski definition) is 6. The third-order valence-electron chi connectivity index (χ3n) is 13.1. The average molecular weight is 1040 g/mol. The lowest BCUT2D eigenvalue weighted by molar-refractivity contribution is -0.157. The summed E-state index contributed by atoms with van der Waals surface area (Å²) in [6.45, 7) is 4.96. The molecule has 2 atom stereocenters. The zero-order chi connectivity index (χ0) is 54.6. The molecule has 0 saturated heterocycles. The van der Waals surface area contributed by atoms with Gasteiger partial charge in [-0.2, -0.15) is 0 Å². The van der Waals surface area contributed by atoms with Crippen molar-refractivity contribution in [3.8, 4) is 11.4 Å². The normalized spacial score (nSPS) is 14.9. The van der Waals surface area contributed by atoms with Gasteiger partial charge in [0.1, 0.15) is 25.2 Å². The van der Waals surface area contributed by atoms with E-state index in [0.29, 0.717) is 53.1 Å². The number of halogens is 1. The molecule has 3 aliphatic heterocycles. The van der Waals surface area contributed by atoms with Gasteiger partial charge in [0.2, 0.25) is 29.5 Å². The highest BCUT2D eigenvalue weighted by Gasteiger charge is 2.36. The molecule has 6 N–H and O–H groups in total. The Morgan fingerprint density at radius 1 is 0.803 bits per heavy atom. The Kier molecular flexibility index (Phi) is 18.3. The first-order chi connectivity index (χ1) is 36.6. The topological polar surface area (TPSA) is 274 Å². The van der Waals surface area contributed by atoms with E-state index in [-0.39, 0.29) is 62.1 Å². The van der Waals surface area contributed by atoms with Gasteiger partial charge in [-0.1, -0.05) is 56.3 Å². The highest BCUT2D eigenvalue weighted by Crippen LogP contribution is 2.42. The van der Waals surface area contributed by atoms with Crippen molar-refractivity contribution in [2.24, 2.45) is 0 Å². The van der Waals surface area contributed by atoms with E-state index < -0.39 is 60.1 Å². The molecule has 4 aliphatic rings. The molecule has 20 nitrogen and oxygen atoms in total. The van der Waals surface area contributed by atoms with Gasteiger partial charge in [-0.25, -0.2) is 19.1 Å². The van der Waals surface area contributed by atoms with Crippen molar-refractivity contribution in [1.29, 1.82) is 0 Å². The second-order valence-corrected chi connectivity index (χ2v) is 18.0. The molecule has 21 heteroatoms. The number of benzene rings is 3. The summed E-state index contributed by atoms with van der Waals surface area (Å²) in [5, 5.41) is 23.6. The summed E-state index contributed by atoms with van der Waals surface area (Å²) in [5.74, 6) is -4.44. The molecular weight excluding hydrogens is 984 g/mol. The Labute approximate surface area is 436 Å². The van der Waals surface area contributed by atoms with Gasteiger partial charge in [0.25, 0.3) is 17.4 Å². The minimum Gasteiger partial charge on any atom is -0.458 e. The summed E-state index contributed by atoms with van der Waals surface area (Å²) in [5.41, 5.74) is 8.02. The molecule has 76 heavy (non-hydrogen) atoms. The van der Waals surface area contributed by atoms with Crippen LogP contribution in [0.3, 0.4) is 0 Å². The van der Waals surface area contributed by atoms with Gasteiger partial charge in [-0.05, 0) is 85.0 Å². The number of nitrogens with one attached hydrogen (secondary N) is 5. The summed E-state index contributed by atoms with van der Waals surface area (Å²) in [6, 6.07) is 18.0. The van der Waals surface area contributed by atoms with Crippen molar-refractivity contribution in [2.75, 3.05) is 38.4 Å². The molecule has 9 rings (SSSR count). The maximum atomic E-state index is 14.5. The lowest BCUT2D eigenvalue weighted by Crippen LogP contribution is -2.52. The molecule has 0 spiro atoms. The predicted octanol–water partition coefficient (Wildman–Crippen LogP) is 2.71. The van der Waals surface area contributed by atoms with Crippen molar-refractivity contribution in [2.45, 2.75) is 91.0 Å². The van der Waals surface area contributed by atoms with E-state index in [0.717, 1.165) is 57.4 Å². The smallest absolute Gasteiger partial charge is 0.340 e. The fourth-order valence-corrected chi connectivity index (χ4v) is 9.30. The Balaban J connectivity index is 0.000000231. The quantitative estimate of drug-likeness (QED) is 0.0436. The van der Waals surface area contributed by atoms with Gasteiger partial charge in [0, 0.05) is 54.7 Å². The number of ether oxygens (including phenoxy) is 2. The fraction of sp³-hybridized carbons (Fsp3) is 0.345. The van der Waals surface area contributed by atoms with Crippen molar-refractivity contribution in [3.05, 3.63) is 140 Å². The number of pyridine rings is 2. The Morgan fingerprint density at radius 3 is 2.17 bits per heavy atom. The van der Waals surface area contributed by atoms with E-state index >= 15 is 0 Å². The number of nitrogens with zero attached hydrogens (tertiary/aromatic N) is 3. The summed E-state index contributed by atoms with van der Waals surface area (Å²) < 4.78 is 25.8. The lowest BCUT2D eigenvalue weighted by Gasteiger charge is -2.22. The van der Waals surface area contributed by atoms with E-state index in [1.165, 1.54) is 25.3 Å². The summed E-state index contributed by atoms with van der Waals surface area (Å²) in [7, 11) is 1.41. The Hall–Kier alpha value is -8.43. The molecule has 3 aromatic carbocycles. The number of esters is 1. The van der Waals surface area contributed by atoms with Crippen LogP contribution in [0.1, 0.15) is 83.7 Å². The molecular formula is C55H59FN8O12. The van der Waals surface area contributed by atoms with Crippen LogP contribution in [-0.2, 0) is 86.7 Å². The number of amides is 7. The average Bonchev–Trinajstić information content (AvgIpc) is 3.98. The second kappa shape index (κ2) is 25.2. The third kappa shape index (κ3) is 12.7. The number of imide groups is 1. The van der Waals surface area contributed by atoms with Crippen LogP contribution >= 0.6 is 0 Å². The van der Waals surface area contributed by atoms with Crippen molar-refractivity contribution >= 4 is 63.9 Å². The largest absolute Gasteiger partial charge is 0.458 e. The minimum absolute atomic E-state index is 0.0134. The van der Waals surface area contributed by atoms with Crippen LogP contribution in [0.4, 0.5) is 10.1 Å². The highest BCUT2D eigenvalue weighted by molar-refractivity contribution is 6.28. The van der Waals surface area contributed by atoms with Gasteiger partial charge in [-0.15, -0.1) is 0 Å². The number of anilines is 1. The van der Waals surface area contributed by atoms with Crippen LogP contribution in [0.25, 0.3) is 22.3 Å². The Bertz CT molecular complexity index is 3160. The van der Waals surface area contributed by atoms with Gasteiger partial charge >= 0.3 is 5.97 Å². The summed E-state index contributed by atoms with van der Waals surface area (Å²) in [4.78, 5) is 116. The molecule has 7 amide bonds. The number of aliphatic hydroxyl groups excluding tert-OH is 1. The zero-order valence-electron chi connectivity index (χ0n) is 42.5. The zero-order valence-corrected chi connectivity index (χ0v) is 42.5. The molecule has 0 bridgehead atoms. The van der Waals surface area contributed by atoms with E-state index in [2.05, 4.69) is 26.6 Å². The Morgan fingerprint density at radius 2 is 1.46 bits per heavy atom. The van der Waals surface area contributed by atoms with Crippen LogP contribution in [-0.4, -0.2) is 101 Å². The number of carbonyl (C=O) groups excluding carboxylic acids is 8. The van der Waals surface area contributed by atoms with E-state index in [4.69, 9.17) is 14.5 Å². The standard InChI is InChI=1S/C31H36N6O8.C22H17FN2O4.C2H6/c1-45-20-35-27(40)18-34-31(44)24(16-22-6-3-2-4-7-22)36-28(41)19-33-26(39)17-32-25(38)9-5-8-21-10-12-23(13-11-21)37-29(42)14-15-30(37)43;1-9-10-3-2-4-11-13-7-25-17(19(13)24-16(18(10)11)6-15(9)23)5-12-14(21(25)27)8-29-22(28)20(12)26;1-2/h2-4,6-7,10-15,24H,5,8-9,16-20H2,1H3,(H,32,38)(H,33,39)(H,34,44)(H,35,40)(H,36,41);5-6,20,26H,2-4,7-8H2,1H3;1-2H3. The molecule has 0 fully saturated rings. The molecule has 5 heterocycles. The minimum atomic E-state index is -1.48. The monoisotopic (exact) mass is 1040 g/mol. The van der Waals surface area contributed by atoms with Crippen LogP contribution < -0.4 is 37.0 Å². The van der Waals surface area contributed by atoms with Crippen molar-refractivity contribution < 1.29 is 57.3 Å². The second-order valence-electron chi connectivity index (χ2n) is 18.0. The number of carbonyl (C=O) groups is 8. The van der Waals surface area contributed by atoms with Crippen LogP contribution in [0.15, 0.2) is 83.7 Å². The van der Waals surface area contributed by atoms with Gasteiger partial charge in [0.15, 0.2) is 6.10 Å². The van der Waals surface area contributed by atoms with Crippen LogP contribution in [0, 0.1) is 12.7 Å². The number of hydrogen-bond acceptors (Lipinski definition) is 13. The molecule has 1 aliphatic carbocycles. The number of fused-ring (bicyclic) bond motifs is 5. The number of aliphatic hydroxyl groups is 1. The SMILES string of the molecule is CC.COCNC(=O)CNC(=O)C(Cc1ccccc1)NC(=O)CNC(=O)CNC(=O)CCCc1ccc(N2C(=O)C=CC2=O)cc1.Cc1c(F)cc2nc3c(c4c2c1CCC4)Cn1c-3cc2c(c1=O)COC(=O)C2O. The van der Waals surface area contributed by atoms with Crippen LogP contribution in [0.2, 0.25) is 0 Å². The number of rotatable bonds is 17. The first-order valence-corrected chi connectivity index (χ1v) is 24.9. The third-order valence-corrected chi connectivity index (χ3v) is 13.1. The number of aromatic nitrogens is 2. The summed E-state index contributed by atoms with van der Waals surface area (Å²) in [6.07, 6.45) is 4.91. The number of methoxy groups -OCH3 is 1. The number of cyclic esters (lactones) is 1. The lowest BCUT2D eigenvalue weighted by atomic mass is 9.85. The maximum absolute atomic E-state index is 14.5.